The number of hydrogen-bond donors (Lipinski definition) is 1. The van der Waals surface area contributed by atoms with Crippen LogP contribution in [0.25, 0.3) is 0 Å². The van der Waals surface area contributed by atoms with Crippen LogP contribution in [0, 0.1) is 6.92 Å². The molecule has 0 atom stereocenters. The summed E-state index contributed by atoms with van der Waals surface area (Å²) in [6.45, 7) is 4.78. The normalized spacial score (nSPS) is 17.4. The number of aromatic nitrogens is 1. The Morgan fingerprint density at radius 3 is 2.52 bits per heavy atom. The predicted molar refractivity (Wildman–Crippen MR) is 123 cm³/mol. The molecule has 4 rings (SSSR count). The molecule has 2 saturated heterocycles. The van der Waals surface area contributed by atoms with Gasteiger partial charge in [-0.3, -0.25) is 9.78 Å². The second kappa shape index (κ2) is 11.5. The average Bonchev–Trinajstić information content (AvgIpc) is 2.75. The van der Waals surface area contributed by atoms with Crippen molar-refractivity contribution in [3.8, 4) is 5.75 Å². The van der Waals surface area contributed by atoms with Gasteiger partial charge in [0.1, 0.15) is 23.2 Å². The fourth-order valence-electron chi connectivity index (χ4n) is 4.14. The van der Waals surface area contributed by atoms with Gasteiger partial charge in [0, 0.05) is 38.0 Å². The van der Waals surface area contributed by atoms with Gasteiger partial charge < -0.3 is 19.4 Å². The fraction of sp³-hybridized carbons (Fsp3) is 0.500. The van der Waals surface area contributed by atoms with Gasteiger partial charge in [-0.2, -0.15) is 0 Å². The summed E-state index contributed by atoms with van der Waals surface area (Å²) in [7, 11) is 0. The lowest BCUT2D eigenvalue weighted by molar-refractivity contribution is 0.0589. The Hall–Kier alpha value is -2.09. The van der Waals surface area contributed by atoms with E-state index in [1.54, 1.807) is 17.3 Å². The van der Waals surface area contributed by atoms with Crippen LogP contribution in [0.1, 0.15) is 53.3 Å². The molecule has 31 heavy (non-hydrogen) atoms. The van der Waals surface area contributed by atoms with E-state index in [0.717, 1.165) is 44.5 Å². The van der Waals surface area contributed by atoms with Gasteiger partial charge >= 0.3 is 5.63 Å². The van der Waals surface area contributed by atoms with Crippen LogP contribution in [0.2, 0.25) is 0 Å². The number of hydrogen-bond acceptors (Lipinski definition) is 6. The highest BCUT2D eigenvalue weighted by Gasteiger charge is 2.29. The first-order valence-corrected chi connectivity index (χ1v) is 10.3. The first-order valence-electron chi connectivity index (χ1n) is 10.3. The number of ether oxygens (including phenoxy) is 1. The van der Waals surface area contributed by atoms with Crippen molar-refractivity contribution in [3.05, 3.63) is 57.9 Å². The highest BCUT2D eigenvalue weighted by atomic mass is 35.5. The highest BCUT2D eigenvalue weighted by molar-refractivity contribution is 5.95. The maximum atomic E-state index is 13.0. The first-order chi connectivity index (χ1) is 14.1. The number of halogens is 2. The monoisotopic (exact) mass is 469 g/mol. The fourth-order valence-corrected chi connectivity index (χ4v) is 4.14. The third-order valence-electron chi connectivity index (χ3n) is 5.79. The molecule has 2 fully saturated rings. The van der Waals surface area contributed by atoms with Crippen LogP contribution in [0.3, 0.4) is 0 Å². The minimum atomic E-state index is -0.516. The zero-order valence-corrected chi connectivity index (χ0v) is 19.2. The van der Waals surface area contributed by atoms with Crippen molar-refractivity contribution < 1.29 is 13.9 Å². The third-order valence-corrected chi connectivity index (χ3v) is 5.79. The van der Waals surface area contributed by atoms with Crippen molar-refractivity contribution in [2.24, 2.45) is 0 Å². The molecule has 0 unspecified atom stereocenters. The SMILES string of the molecule is Cc1cc(C2CCNCC2)oc(=O)c1C(=O)N1CCC(Oc2cccnc2)CC1.Cl.Cl. The van der Waals surface area contributed by atoms with Gasteiger partial charge in [0.05, 0.1) is 6.20 Å². The topological polar surface area (TPSA) is 84.7 Å². The van der Waals surface area contributed by atoms with E-state index in [0.29, 0.717) is 24.4 Å². The maximum absolute atomic E-state index is 13.0. The Balaban J connectivity index is 0.00000171. The number of rotatable bonds is 4. The molecular formula is C22H29Cl2N3O4. The molecule has 0 aliphatic carbocycles. The Bertz CT molecular complexity index is 909. The van der Waals surface area contributed by atoms with Gasteiger partial charge in [-0.15, -0.1) is 24.8 Å². The van der Waals surface area contributed by atoms with Gasteiger partial charge in [-0.05, 0) is 56.6 Å². The molecule has 0 bridgehead atoms. The number of aryl methyl sites for hydroxylation is 1. The van der Waals surface area contributed by atoms with E-state index in [1.165, 1.54) is 0 Å². The van der Waals surface area contributed by atoms with Crippen molar-refractivity contribution >= 4 is 30.7 Å². The second-order valence-corrected chi connectivity index (χ2v) is 7.82. The molecule has 2 aliphatic heterocycles. The molecule has 0 saturated carbocycles. The molecule has 2 aromatic rings. The Labute approximate surface area is 194 Å². The number of carbonyl (C=O) groups is 1. The Morgan fingerprint density at radius 2 is 1.90 bits per heavy atom. The molecule has 2 aliphatic rings. The molecule has 1 N–H and O–H groups in total. The van der Waals surface area contributed by atoms with Crippen molar-refractivity contribution in [1.29, 1.82) is 0 Å². The van der Waals surface area contributed by atoms with E-state index >= 15 is 0 Å². The molecule has 4 heterocycles. The molecule has 2 aromatic heterocycles. The summed E-state index contributed by atoms with van der Waals surface area (Å²) in [5, 5.41) is 3.31. The zero-order valence-electron chi connectivity index (χ0n) is 17.5. The van der Waals surface area contributed by atoms with Crippen molar-refractivity contribution in [3.63, 3.8) is 0 Å². The minimum absolute atomic E-state index is 0. The number of carbonyl (C=O) groups excluding carboxylic acids is 1. The summed E-state index contributed by atoms with van der Waals surface area (Å²) < 4.78 is 11.5. The molecular weight excluding hydrogens is 441 g/mol. The van der Waals surface area contributed by atoms with E-state index in [4.69, 9.17) is 9.15 Å². The Kier molecular flexibility index (Phi) is 9.34. The maximum Gasteiger partial charge on any atom is 0.349 e. The lowest BCUT2D eigenvalue weighted by Crippen LogP contribution is -2.43. The van der Waals surface area contributed by atoms with Crippen molar-refractivity contribution in [2.45, 2.75) is 44.6 Å². The highest BCUT2D eigenvalue weighted by Crippen LogP contribution is 2.26. The number of pyridine rings is 1. The van der Waals surface area contributed by atoms with Crippen LogP contribution in [0.5, 0.6) is 5.75 Å². The van der Waals surface area contributed by atoms with E-state index < -0.39 is 5.63 Å². The summed E-state index contributed by atoms with van der Waals surface area (Å²) in [5.41, 5.74) is 0.347. The van der Waals surface area contributed by atoms with Gasteiger partial charge in [-0.1, -0.05) is 0 Å². The number of nitrogens with one attached hydrogen (secondary N) is 1. The van der Waals surface area contributed by atoms with Crippen LogP contribution in [0.4, 0.5) is 0 Å². The summed E-state index contributed by atoms with van der Waals surface area (Å²) >= 11 is 0. The van der Waals surface area contributed by atoms with Gasteiger partial charge in [0.2, 0.25) is 0 Å². The number of nitrogens with zero attached hydrogens (tertiary/aromatic N) is 2. The molecule has 0 aromatic carbocycles. The van der Waals surface area contributed by atoms with Gasteiger partial charge in [0.15, 0.2) is 0 Å². The summed E-state index contributed by atoms with van der Waals surface area (Å²) in [5.74, 6) is 1.44. The predicted octanol–water partition coefficient (Wildman–Crippen LogP) is 3.34. The lowest BCUT2D eigenvalue weighted by Gasteiger charge is -2.32. The molecule has 0 spiro atoms. The standard InChI is InChI=1S/C22H27N3O4.2ClH/c1-15-13-19(16-4-9-23-10-5-16)29-22(27)20(15)21(26)25-11-6-17(7-12-25)28-18-3-2-8-24-14-18;;/h2-3,8,13-14,16-17,23H,4-7,9-12H2,1H3;2*1H. The first kappa shape index (κ1) is 25.2. The second-order valence-electron chi connectivity index (χ2n) is 7.82. The quantitative estimate of drug-likeness (QED) is 0.738. The van der Waals surface area contributed by atoms with E-state index in [9.17, 15) is 9.59 Å². The summed E-state index contributed by atoms with van der Waals surface area (Å²) in [6.07, 6.45) is 6.77. The molecule has 9 heteroatoms. The van der Waals surface area contributed by atoms with Crippen molar-refractivity contribution in [2.75, 3.05) is 26.2 Å². The van der Waals surface area contributed by atoms with Gasteiger partial charge in [-0.25, -0.2) is 4.79 Å². The van der Waals surface area contributed by atoms with E-state index in [2.05, 4.69) is 10.3 Å². The van der Waals surface area contributed by atoms with E-state index in [-0.39, 0.29) is 48.3 Å². The number of piperidine rings is 2. The van der Waals surface area contributed by atoms with Crippen LogP contribution >= 0.6 is 24.8 Å². The largest absolute Gasteiger partial charge is 0.489 e. The zero-order chi connectivity index (χ0) is 20.2. The summed E-state index contributed by atoms with van der Waals surface area (Å²) in [4.78, 5) is 31.4. The Morgan fingerprint density at radius 1 is 1.19 bits per heavy atom. The summed E-state index contributed by atoms with van der Waals surface area (Å²) in [6, 6.07) is 5.59. The number of amides is 1. The minimum Gasteiger partial charge on any atom is -0.489 e. The lowest BCUT2D eigenvalue weighted by atomic mass is 9.94. The molecule has 0 radical (unpaired) electrons. The molecule has 1 amide bonds. The van der Waals surface area contributed by atoms with Crippen LogP contribution in [-0.2, 0) is 0 Å². The van der Waals surface area contributed by atoms with Gasteiger partial charge in [0.25, 0.3) is 5.91 Å². The average molecular weight is 470 g/mol. The van der Waals surface area contributed by atoms with E-state index in [1.807, 2.05) is 25.1 Å². The smallest absolute Gasteiger partial charge is 0.349 e. The van der Waals surface area contributed by atoms with Crippen LogP contribution in [0.15, 0.2) is 39.8 Å². The number of likely N-dealkylation sites (tertiary alicyclic amines) is 1. The van der Waals surface area contributed by atoms with Crippen molar-refractivity contribution in [1.82, 2.24) is 15.2 Å². The van der Waals surface area contributed by atoms with Crippen LogP contribution < -0.4 is 15.7 Å². The van der Waals surface area contributed by atoms with Crippen LogP contribution in [-0.4, -0.2) is 48.1 Å². The third kappa shape index (κ3) is 5.99. The molecule has 7 nitrogen and oxygen atoms in total. The molecule has 170 valence electrons.